The lowest BCUT2D eigenvalue weighted by atomic mass is 10.0. The summed E-state index contributed by atoms with van der Waals surface area (Å²) in [6.45, 7) is 4.20. The Labute approximate surface area is 248 Å². The first kappa shape index (κ1) is 30.7. The number of carbonyl (C=O) groups is 4. The topological polar surface area (TPSA) is 228 Å². The number of fused-ring (bicyclic) bond motifs is 1. The maximum atomic E-state index is 13.2. The van der Waals surface area contributed by atoms with E-state index in [4.69, 9.17) is 10.6 Å². The maximum absolute atomic E-state index is 13.2. The molecule has 6 N–H and O–H groups in total. The Morgan fingerprint density at radius 3 is 2.62 bits per heavy atom. The summed E-state index contributed by atoms with van der Waals surface area (Å²) in [6.07, 6.45) is 3.60. The Kier molecular flexibility index (Phi) is 9.27. The van der Waals surface area contributed by atoms with Crippen molar-refractivity contribution in [1.82, 2.24) is 24.9 Å². The minimum atomic E-state index is -1.79. The van der Waals surface area contributed by atoms with Crippen molar-refractivity contribution in [2.45, 2.75) is 37.4 Å². The predicted molar refractivity (Wildman–Crippen MR) is 150 cm³/mol. The molecule has 4 rings (SSSR count). The molecule has 0 saturated carbocycles. The first-order valence-corrected chi connectivity index (χ1v) is 14.4. The van der Waals surface area contributed by atoms with Crippen LogP contribution in [-0.2, 0) is 30.6 Å². The third kappa shape index (κ3) is 6.60. The zero-order chi connectivity index (χ0) is 30.6. The molecule has 0 bridgehead atoms. The van der Waals surface area contributed by atoms with E-state index in [1.807, 2.05) is 19.2 Å². The molecule has 2 unspecified atom stereocenters. The summed E-state index contributed by atoms with van der Waals surface area (Å²) in [5, 5.41) is 33.2. The molecule has 0 spiro atoms. The van der Waals surface area contributed by atoms with Crippen molar-refractivity contribution in [2.24, 2.45) is 5.16 Å². The van der Waals surface area contributed by atoms with Gasteiger partial charge in [0.25, 0.3) is 11.8 Å². The van der Waals surface area contributed by atoms with E-state index < -0.39 is 46.5 Å². The number of nitrogens with zero attached hydrogens (tertiary/aromatic N) is 5. The molecule has 18 heteroatoms. The van der Waals surface area contributed by atoms with Crippen molar-refractivity contribution >= 4 is 63.6 Å². The molecule has 2 aromatic heterocycles. The smallest absolute Gasteiger partial charge is 0.350 e. The summed E-state index contributed by atoms with van der Waals surface area (Å²) in [7, 11) is 1.86. The second-order valence-electron chi connectivity index (χ2n) is 9.69. The quantitative estimate of drug-likeness (QED) is 0.0524. The highest BCUT2D eigenvalue weighted by atomic mass is 32.2. The second kappa shape index (κ2) is 12.7. The van der Waals surface area contributed by atoms with Crippen molar-refractivity contribution < 1.29 is 38.8 Å². The number of anilines is 2. The second-order valence-corrected chi connectivity index (χ2v) is 11.6. The number of hydrogen-bond donors (Lipinski definition) is 5. The molecular weight excluding hydrogens is 590 g/mol. The number of rotatable bonds is 13. The highest BCUT2D eigenvalue weighted by Crippen LogP contribution is 2.40. The zero-order valence-electron chi connectivity index (χ0n) is 22.8. The van der Waals surface area contributed by atoms with Crippen LogP contribution in [0.2, 0.25) is 0 Å². The third-order valence-electron chi connectivity index (χ3n) is 6.24. The normalized spacial score (nSPS) is 18.7. The van der Waals surface area contributed by atoms with E-state index in [0.29, 0.717) is 5.57 Å². The Morgan fingerprint density at radius 2 is 2.02 bits per heavy atom. The van der Waals surface area contributed by atoms with Crippen LogP contribution in [0.3, 0.4) is 0 Å². The maximum Gasteiger partial charge on any atom is 0.350 e. The van der Waals surface area contributed by atoms with Crippen LogP contribution in [0.5, 0.6) is 0 Å². The number of pyridine rings is 1. The van der Waals surface area contributed by atoms with Crippen molar-refractivity contribution in [3.05, 3.63) is 41.6 Å². The fourth-order valence-electron chi connectivity index (χ4n) is 3.95. The number of thioether (sulfide) groups is 1. The minimum absolute atomic E-state index is 0.0190. The van der Waals surface area contributed by atoms with Crippen LogP contribution in [0.25, 0.3) is 0 Å². The number of β-lactam (4-membered cyclic amide) rings is 1. The lowest BCUT2D eigenvalue weighted by molar-refractivity contribution is -0.689. The van der Waals surface area contributed by atoms with Crippen molar-refractivity contribution in [2.75, 3.05) is 36.9 Å². The number of aromatic nitrogens is 3. The van der Waals surface area contributed by atoms with E-state index in [1.54, 1.807) is 17.0 Å². The first-order valence-electron chi connectivity index (χ1n) is 12.6. The summed E-state index contributed by atoms with van der Waals surface area (Å²) in [5.74, 6) is -4.41. The molecule has 2 aromatic rings. The van der Waals surface area contributed by atoms with Gasteiger partial charge in [-0.3, -0.25) is 14.5 Å². The first-order chi connectivity index (χ1) is 19.9. The minimum Gasteiger partial charge on any atom is -0.543 e. The van der Waals surface area contributed by atoms with E-state index in [9.17, 15) is 29.4 Å². The van der Waals surface area contributed by atoms with Gasteiger partial charge in [-0.05, 0) is 20.9 Å². The summed E-state index contributed by atoms with van der Waals surface area (Å²) in [5.41, 5.74) is 4.47. The monoisotopic (exact) mass is 619 g/mol. The third-order valence-corrected chi connectivity index (χ3v) is 8.13. The van der Waals surface area contributed by atoms with E-state index in [1.165, 1.54) is 25.6 Å². The van der Waals surface area contributed by atoms with Crippen molar-refractivity contribution in [3.63, 3.8) is 0 Å². The van der Waals surface area contributed by atoms with Crippen LogP contribution in [-0.4, -0.2) is 91.7 Å². The number of oxime groups is 1. The molecule has 42 heavy (non-hydrogen) atoms. The van der Waals surface area contributed by atoms with Gasteiger partial charge in [0.2, 0.25) is 17.1 Å². The van der Waals surface area contributed by atoms with Gasteiger partial charge < -0.3 is 41.5 Å². The molecule has 2 aliphatic heterocycles. The van der Waals surface area contributed by atoms with Crippen LogP contribution in [0.1, 0.15) is 19.7 Å². The lowest BCUT2D eigenvalue weighted by Crippen LogP contribution is -2.71. The van der Waals surface area contributed by atoms with E-state index in [-0.39, 0.29) is 29.0 Å². The van der Waals surface area contributed by atoms with Crippen LogP contribution in [0, 0.1) is 0 Å². The number of nitrogens with two attached hydrogens (primary N) is 1. The number of nitrogens with one attached hydrogen (secondary N) is 3. The van der Waals surface area contributed by atoms with Crippen LogP contribution in [0.4, 0.5) is 10.8 Å². The van der Waals surface area contributed by atoms with Gasteiger partial charge in [0.1, 0.15) is 11.4 Å². The molecule has 16 nitrogen and oxygen atoms in total. The van der Waals surface area contributed by atoms with Gasteiger partial charge in [0.05, 0.1) is 11.7 Å². The molecule has 1 fully saturated rings. The van der Waals surface area contributed by atoms with E-state index in [0.717, 1.165) is 35.2 Å². The average Bonchev–Trinajstić information content (AvgIpc) is 3.37. The Morgan fingerprint density at radius 1 is 1.31 bits per heavy atom. The molecule has 1 saturated heterocycles. The number of amides is 2. The van der Waals surface area contributed by atoms with Gasteiger partial charge >= 0.3 is 5.97 Å². The number of carboxylic acid groups (broad SMARTS) is 2. The van der Waals surface area contributed by atoms with Gasteiger partial charge in [-0.15, -0.1) is 11.8 Å². The predicted octanol–water partition coefficient (Wildman–Crippen LogP) is -2.27. The molecule has 2 amide bonds. The molecule has 0 radical (unpaired) electrons. The fourth-order valence-corrected chi connectivity index (χ4v) is 5.72. The molecule has 0 aliphatic carbocycles. The SMILES string of the molecule is CNCCNc1cc[n+](CC2=C(C(=O)[O-])N3C(=O)C(NC(=O)/C(=N\OC(C)(C)C(=O)O)c4nsc(N)n4)C3SC2)cc1. The van der Waals surface area contributed by atoms with Crippen LogP contribution < -0.4 is 31.4 Å². The summed E-state index contributed by atoms with van der Waals surface area (Å²) in [6, 6.07) is 2.61. The number of likely N-dealkylation sites (N-methyl/N-ethyl adjacent to an activating group) is 1. The molecule has 2 atom stereocenters. The standard InChI is InChI=1S/C24H29N9O7S2/c1-24(2,22(38)39)40-30-14(17-29-23(25)42-31-17)18(34)28-15-19(35)33-16(21(36)37)12(11-41-20(15)33)10-32-8-4-13(5-9-32)27-7-6-26-3/h4-5,8-9,15,20,26H,6-7,10-11H2,1-3H3,(H5,25,28,29,31,34,36,37,38,39)/b30-14-. The largest absolute Gasteiger partial charge is 0.543 e. The molecule has 0 aromatic carbocycles. The van der Waals surface area contributed by atoms with Crippen LogP contribution >= 0.6 is 23.3 Å². The zero-order valence-corrected chi connectivity index (χ0v) is 24.5. The Bertz CT molecular complexity index is 1440. The number of nitrogen functional groups attached to an aromatic ring is 1. The Hall–Kier alpha value is -4.29. The number of hydrogen-bond acceptors (Lipinski definition) is 14. The summed E-state index contributed by atoms with van der Waals surface area (Å²) < 4.78 is 5.72. The highest BCUT2D eigenvalue weighted by molar-refractivity contribution is 8.00. The summed E-state index contributed by atoms with van der Waals surface area (Å²) in [4.78, 5) is 59.9. The molecular formula is C24H29N9O7S2. The van der Waals surface area contributed by atoms with Gasteiger partial charge in [0, 0.05) is 53.8 Å². The number of aliphatic carboxylic acids is 2. The number of carboxylic acids is 2. The van der Waals surface area contributed by atoms with Crippen LogP contribution in [0.15, 0.2) is 41.0 Å². The molecule has 224 valence electrons. The van der Waals surface area contributed by atoms with Gasteiger partial charge in [-0.2, -0.15) is 9.36 Å². The van der Waals surface area contributed by atoms with Crippen molar-refractivity contribution in [1.29, 1.82) is 0 Å². The molecule has 4 heterocycles. The van der Waals surface area contributed by atoms with Gasteiger partial charge in [-0.25, -0.2) is 9.36 Å². The Balaban J connectivity index is 1.49. The van der Waals surface area contributed by atoms with Gasteiger partial charge in [-0.1, -0.05) is 5.16 Å². The average molecular weight is 620 g/mol. The lowest BCUT2D eigenvalue weighted by Gasteiger charge is -2.50. The number of carbonyl (C=O) groups excluding carboxylic acids is 3. The van der Waals surface area contributed by atoms with Crippen molar-refractivity contribution in [3.8, 4) is 0 Å². The van der Waals surface area contributed by atoms with E-state index in [2.05, 4.69) is 30.5 Å². The highest BCUT2D eigenvalue weighted by Gasteiger charge is 2.53. The summed E-state index contributed by atoms with van der Waals surface area (Å²) >= 11 is 2.05. The van der Waals surface area contributed by atoms with Gasteiger partial charge in [0.15, 0.2) is 24.1 Å². The molecule has 2 aliphatic rings. The fraction of sp³-hybridized carbons (Fsp3) is 0.417. The van der Waals surface area contributed by atoms with E-state index >= 15 is 0 Å².